The van der Waals surface area contributed by atoms with Crippen LogP contribution in [0.15, 0.2) is 45.6 Å². The van der Waals surface area contributed by atoms with Crippen LogP contribution in [0.1, 0.15) is 54.0 Å². The molecule has 0 saturated carbocycles. The van der Waals surface area contributed by atoms with Gasteiger partial charge in [-0.25, -0.2) is 4.99 Å². The molecule has 6 heteroatoms. The van der Waals surface area contributed by atoms with E-state index in [2.05, 4.69) is 40.0 Å². The zero-order valence-corrected chi connectivity index (χ0v) is 15.7. The molecule has 0 spiro atoms. The maximum absolute atomic E-state index is 10.3. The van der Waals surface area contributed by atoms with Crippen molar-refractivity contribution >= 4 is 18.5 Å². The van der Waals surface area contributed by atoms with E-state index in [1.807, 2.05) is 19.9 Å². The maximum atomic E-state index is 10.3. The van der Waals surface area contributed by atoms with Crippen molar-refractivity contribution in [2.24, 2.45) is 15.2 Å². The van der Waals surface area contributed by atoms with Gasteiger partial charge in [0, 0.05) is 11.6 Å². The lowest BCUT2D eigenvalue weighted by atomic mass is 9.98. The summed E-state index contributed by atoms with van der Waals surface area (Å²) < 4.78 is 0. The number of benzene rings is 2. The molecule has 1 heterocycles. The lowest BCUT2D eigenvalue weighted by molar-refractivity contribution is 0.443. The zero-order valence-electron chi connectivity index (χ0n) is 14.8. The number of hydrogen-bond donors (Lipinski definition) is 3. The van der Waals surface area contributed by atoms with Gasteiger partial charge in [0.2, 0.25) is 4.99 Å². The van der Waals surface area contributed by atoms with Crippen molar-refractivity contribution in [3.63, 3.8) is 0 Å². The predicted octanol–water partition coefficient (Wildman–Crippen LogP) is 4.66. The number of phenolic OH excluding ortho intramolecular Hbond substituents is 2. The Labute approximate surface area is 157 Å². The number of azo groups is 1. The topological polar surface area (TPSA) is 77.5 Å². The van der Waals surface area contributed by atoms with Crippen LogP contribution in [0.4, 0.5) is 0 Å². The molecule has 2 aromatic rings. The van der Waals surface area contributed by atoms with Crippen LogP contribution in [0, 0.1) is 0 Å². The first-order valence-corrected chi connectivity index (χ1v) is 9.26. The number of aromatic hydroxyl groups is 2. The highest BCUT2D eigenvalue weighted by atomic mass is 32.1. The van der Waals surface area contributed by atoms with Crippen molar-refractivity contribution in [2.45, 2.75) is 44.0 Å². The molecule has 1 aliphatic heterocycles. The van der Waals surface area contributed by atoms with E-state index in [0.717, 1.165) is 24.0 Å². The second-order valence-electron chi connectivity index (χ2n) is 7.19. The van der Waals surface area contributed by atoms with Crippen molar-refractivity contribution in [3.8, 4) is 11.5 Å². The van der Waals surface area contributed by atoms with Crippen LogP contribution >= 0.6 is 12.6 Å². The predicted molar refractivity (Wildman–Crippen MR) is 104 cm³/mol. The molecule has 0 amide bonds. The summed E-state index contributed by atoms with van der Waals surface area (Å²) in [6.07, 6.45) is 3.36. The van der Waals surface area contributed by atoms with Crippen molar-refractivity contribution in [1.82, 2.24) is 0 Å². The fraction of sp³-hybridized carbons (Fsp3) is 0.350. The number of rotatable bonds is 3. The van der Waals surface area contributed by atoms with Crippen molar-refractivity contribution in [2.75, 3.05) is 0 Å². The summed E-state index contributed by atoms with van der Waals surface area (Å²) >= 11 is 4.66. The number of phenols is 2. The zero-order chi connectivity index (χ0) is 18.5. The highest BCUT2D eigenvalue weighted by Crippen LogP contribution is 2.41. The third-order valence-corrected chi connectivity index (χ3v) is 5.49. The lowest BCUT2D eigenvalue weighted by Gasteiger charge is -2.16. The van der Waals surface area contributed by atoms with E-state index in [1.165, 1.54) is 23.6 Å². The van der Waals surface area contributed by atoms with Gasteiger partial charge in [-0.1, -0.05) is 32.0 Å². The number of hydrogen-bond acceptors (Lipinski definition) is 6. The minimum Gasteiger partial charge on any atom is -0.508 e. The SMILES string of the molecule is CC(C)c1cc(C2=NC(S)(c3ccc4c(c3)CCC4)N=N2)c(O)cc1O. The van der Waals surface area contributed by atoms with Crippen LogP contribution in [-0.2, 0) is 17.8 Å². The molecule has 0 radical (unpaired) electrons. The van der Waals surface area contributed by atoms with Gasteiger partial charge in [0.05, 0.1) is 5.56 Å². The number of nitrogens with zero attached hydrogens (tertiary/aromatic N) is 3. The van der Waals surface area contributed by atoms with Crippen molar-refractivity contribution < 1.29 is 10.2 Å². The summed E-state index contributed by atoms with van der Waals surface area (Å²) in [6.45, 7) is 3.95. The van der Waals surface area contributed by atoms with Crippen molar-refractivity contribution in [1.29, 1.82) is 0 Å². The smallest absolute Gasteiger partial charge is 0.242 e. The van der Waals surface area contributed by atoms with Gasteiger partial charge in [-0.15, -0.1) is 22.9 Å². The molecule has 1 unspecified atom stereocenters. The Balaban J connectivity index is 1.74. The van der Waals surface area contributed by atoms with E-state index in [4.69, 9.17) is 0 Å². The third kappa shape index (κ3) is 2.78. The molecule has 134 valence electrons. The van der Waals surface area contributed by atoms with E-state index in [0.29, 0.717) is 11.4 Å². The van der Waals surface area contributed by atoms with Crippen LogP contribution in [0.5, 0.6) is 11.5 Å². The Kier molecular flexibility index (Phi) is 4.03. The van der Waals surface area contributed by atoms with Crippen LogP contribution in [0.2, 0.25) is 0 Å². The monoisotopic (exact) mass is 367 g/mol. The molecule has 0 aromatic heterocycles. The molecule has 1 aliphatic carbocycles. The molecule has 26 heavy (non-hydrogen) atoms. The van der Waals surface area contributed by atoms with E-state index in [-0.39, 0.29) is 17.4 Å². The number of fused-ring (bicyclic) bond motifs is 1. The first-order chi connectivity index (χ1) is 12.4. The first-order valence-electron chi connectivity index (χ1n) is 8.81. The number of thiol groups is 1. The van der Waals surface area contributed by atoms with Gasteiger partial charge >= 0.3 is 0 Å². The van der Waals surface area contributed by atoms with E-state index in [1.54, 1.807) is 6.07 Å². The van der Waals surface area contributed by atoms with Gasteiger partial charge in [-0.05, 0) is 47.9 Å². The molecule has 2 N–H and O–H groups in total. The molecule has 2 aliphatic rings. The molecule has 0 fully saturated rings. The second-order valence-corrected chi connectivity index (χ2v) is 7.81. The minimum absolute atomic E-state index is 0.0625. The fourth-order valence-electron chi connectivity index (χ4n) is 3.56. The molecule has 1 atom stereocenters. The van der Waals surface area contributed by atoms with Crippen LogP contribution < -0.4 is 0 Å². The highest BCUT2D eigenvalue weighted by Gasteiger charge is 2.34. The second kappa shape index (κ2) is 6.13. The van der Waals surface area contributed by atoms with Gasteiger partial charge < -0.3 is 10.2 Å². The van der Waals surface area contributed by atoms with Gasteiger partial charge in [-0.3, -0.25) is 0 Å². The van der Waals surface area contributed by atoms with Gasteiger partial charge in [0.1, 0.15) is 11.5 Å². The van der Waals surface area contributed by atoms with Crippen LogP contribution in [0.25, 0.3) is 0 Å². The van der Waals surface area contributed by atoms with Gasteiger partial charge in [0.25, 0.3) is 0 Å². The van der Waals surface area contributed by atoms with Gasteiger partial charge in [-0.2, -0.15) is 0 Å². The number of aliphatic imine (C=N–C) groups is 1. The average molecular weight is 367 g/mol. The summed E-state index contributed by atoms with van der Waals surface area (Å²) in [5.41, 5.74) is 4.76. The Bertz CT molecular complexity index is 952. The Morgan fingerprint density at radius 2 is 1.81 bits per heavy atom. The molecule has 0 saturated heterocycles. The maximum Gasteiger partial charge on any atom is 0.242 e. The molecule has 4 rings (SSSR count). The normalized spacial score (nSPS) is 21.3. The summed E-state index contributed by atoms with van der Waals surface area (Å²) in [5, 5.41) is 28.7. The standard InChI is InChI=1S/C20H21N3O2S/c1-11(2)15-9-16(18(25)10-17(15)24)19-21-20(26,23-22-19)14-7-6-12-4-3-5-13(12)8-14/h6-11,24-26H,3-5H2,1-2H3. The van der Waals surface area contributed by atoms with Crippen LogP contribution in [0.3, 0.4) is 0 Å². The molecular weight excluding hydrogens is 346 g/mol. The lowest BCUT2D eigenvalue weighted by Crippen LogP contribution is -2.11. The van der Waals surface area contributed by atoms with E-state index >= 15 is 0 Å². The third-order valence-electron chi connectivity index (χ3n) is 5.04. The van der Waals surface area contributed by atoms with Crippen LogP contribution in [-0.4, -0.2) is 16.0 Å². The Morgan fingerprint density at radius 1 is 1.04 bits per heavy atom. The van der Waals surface area contributed by atoms with E-state index < -0.39 is 4.99 Å². The van der Waals surface area contributed by atoms with Gasteiger partial charge in [0.15, 0.2) is 5.84 Å². The highest BCUT2D eigenvalue weighted by molar-refractivity contribution is 7.81. The summed E-state index contributed by atoms with van der Waals surface area (Å²) in [4.78, 5) is 3.49. The summed E-state index contributed by atoms with van der Waals surface area (Å²) in [5.74, 6) is 0.411. The molecule has 0 bridgehead atoms. The molecular formula is C20H21N3O2S. The number of aryl methyl sites for hydroxylation is 2. The first kappa shape index (κ1) is 17.1. The van der Waals surface area contributed by atoms with E-state index in [9.17, 15) is 10.2 Å². The Hall–Kier alpha value is -2.34. The quantitative estimate of drug-likeness (QED) is 0.690. The minimum atomic E-state index is -1.09. The summed E-state index contributed by atoms with van der Waals surface area (Å²) in [6, 6.07) is 9.27. The Morgan fingerprint density at radius 3 is 2.58 bits per heavy atom. The largest absolute Gasteiger partial charge is 0.508 e. The fourth-order valence-corrected chi connectivity index (χ4v) is 3.84. The van der Waals surface area contributed by atoms with Crippen molar-refractivity contribution in [3.05, 3.63) is 58.1 Å². The average Bonchev–Trinajstić information content (AvgIpc) is 3.21. The summed E-state index contributed by atoms with van der Waals surface area (Å²) in [7, 11) is 0. The number of amidine groups is 1. The molecule has 2 aromatic carbocycles. The molecule has 5 nitrogen and oxygen atoms in total.